The van der Waals surface area contributed by atoms with Crippen LogP contribution < -0.4 is 10.7 Å². The molecule has 2 aliphatic rings. The maximum Gasteiger partial charge on any atom is 0.240 e. The summed E-state index contributed by atoms with van der Waals surface area (Å²) in [7, 11) is 0. The Kier molecular flexibility index (Phi) is 5.40. The molecule has 1 aromatic heterocycles. The van der Waals surface area contributed by atoms with Crippen LogP contribution in [0.25, 0.3) is 11.4 Å². The summed E-state index contributed by atoms with van der Waals surface area (Å²) < 4.78 is 1.97. The van der Waals surface area contributed by atoms with Crippen LogP contribution in [0.15, 0.2) is 53.7 Å². The van der Waals surface area contributed by atoms with Crippen LogP contribution in [-0.2, 0) is 4.79 Å². The Balaban J connectivity index is 1.48. The van der Waals surface area contributed by atoms with Gasteiger partial charge in [-0.1, -0.05) is 79.0 Å². The molecule has 2 aromatic carbocycles. The van der Waals surface area contributed by atoms with Gasteiger partial charge < -0.3 is 10.7 Å². The molecule has 0 radical (unpaired) electrons. The molecule has 0 bridgehead atoms. The van der Waals surface area contributed by atoms with E-state index in [1.54, 1.807) is 6.07 Å². The van der Waals surface area contributed by atoms with E-state index in [0.29, 0.717) is 15.9 Å². The fourth-order valence-electron chi connectivity index (χ4n) is 4.46. The quantitative estimate of drug-likeness (QED) is 0.565. The summed E-state index contributed by atoms with van der Waals surface area (Å²) in [5.74, 6) is 0.743. The number of halogens is 1. The van der Waals surface area contributed by atoms with Crippen molar-refractivity contribution in [2.75, 3.05) is 10.7 Å². The highest BCUT2D eigenvalue weighted by atomic mass is 35.5. The van der Waals surface area contributed by atoms with E-state index in [1.807, 2.05) is 54.1 Å². The minimum absolute atomic E-state index is 0.0326. The number of anilines is 1. The molecule has 1 saturated carbocycles. The first kappa shape index (κ1) is 20.4. The van der Waals surface area contributed by atoms with Crippen LogP contribution in [0, 0.1) is 6.92 Å². The summed E-state index contributed by atoms with van der Waals surface area (Å²) in [5, 5.41) is 12.9. The standard InChI is InChI=1S/C23H24ClN5OS/c1-15-10-11-17(14-18(15)24)25-21(30)19-23(12-6-3-7-13-23)28-29-20(26-27-22(29)31-19)16-8-4-2-5-9-16/h2,4-5,8-11,14,19,28H,3,6-7,12-13H2,1H3,(H,25,30). The molecule has 0 saturated heterocycles. The summed E-state index contributed by atoms with van der Waals surface area (Å²) in [6.07, 6.45) is 5.23. The Morgan fingerprint density at radius 1 is 1.16 bits per heavy atom. The lowest BCUT2D eigenvalue weighted by Crippen LogP contribution is -2.59. The second-order valence-corrected chi connectivity index (χ2v) is 9.77. The molecular formula is C23H24ClN5OS. The Labute approximate surface area is 190 Å². The van der Waals surface area contributed by atoms with Crippen molar-refractivity contribution in [3.8, 4) is 11.4 Å². The van der Waals surface area contributed by atoms with Gasteiger partial charge in [-0.2, -0.15) is 0 Å². The average Bonchev–Trinajstić information content (AvgIpc) is 3.19. The van der Waals surface area contributed by atoms with Gasteiger partial charge in [0.15, 0.2) is 5.82 Å². The predicted octanol–water partition coefficient (Wildman–Crippen LogP) is 5.27. The van der Waals surface area contributed by atoms with Gasteiger partial charge >= 0.3 is 0 Å². The van der Waals surface area contributed by atoms with E-state index in [0.717, 1.165) is 42.6 Å². The third-order valence-corrected chi connectivity index (χ3v) is 7.93. The first-order valence-electron chi connectivity index (χ1n) is 10.6. The van der Waals surface area contributed by atoms with Crippen molar-refractivity contribution in [1.82, 2.24) is 14.9 Å². The molecule has 1 fully saturated rings. The summed E-state index contributed by atoms with van der Waals surface area (Å²) in [4.78, 5) is 13.5. The summed E-state index contributed by atoms with van der Waals surface area (Å²) in [6, 6.07) is 15.6. The van der Waals surface area contributed by atoms with Gasteiger partial charge in [0.2, 0.25) is 11.1 Å². The number of aromatic nitrogens is 3. The Morgan fingerprint density at radius 3 is 2.68 bits per heavy atom. The molecule has 1 unspecified atom stereocenters. The zero-order chi connectivity index (χ0) is 21.4. The van der Waals surface area contributed by atoms with Crippen molar-refractivity contribution in [2.45, 2.75) is 55.0 Å². The number of benzene rings is 2. The van der Waals surface area contributed by atoms with E-state index in [-0.39, 0.29) is 16.7 Å². The predicted molar refractivity (Wildman–Crippen MR) is 125 cm³/mol. The number of hydrogen-bond acceptors (Lipinski definition) is 5. The van der Waals surface area contributed by atoms with Gasteiger partial charge in [0.1, 0.15) is 5.25 Å². The number of nitrogens with zero attached hydrogens (tertiary/aromatic N) is 3. The molecule has 2 heterocycles. The molecule has 8 heteroatoms. The highest BCUT2D eigenvalue weighted by Gasteiger charge is 2.49. The molecule has 2 N–H and O–H groups in total. The molecule has 3 aromatic rings. The molecule has 160 valence electrons. The lowest BCUT2D eigenvalue weighted by molar-refractivity contribution is -0.117. The van der Waals surface area contributed by atoms with Crippen LogP contribution in [0.1, 0.15) is 37.7 Å². The third kappa shape index (κ3) is 3.81. The summed E-state index contributed by atoms with van der Waals surface area (Å²) >= 11 is 7.76. The number of nitrogens with one attached hydrogen (secondary N) is 2. The molecule has 31 heavy (non-hydrogen) atoms. The Morgan fingerprint density at radius 2 is 1.94 bits per heavy atom. The number of carbonyl (C=O) groups is 1. The zero-order valence-corrected chi connectivity index (χ0v) is 18.8. The number of rotatable bonds is 3. The van der Waals surface area contributed by atoms with Crippen molar-refractivity contribution < 1.29 is 4.79 Å². The molecule has 1 aliphatic carbocycles. The average molecular weight is 454 g/mol. The second kappa shape index (κ2) is 8.20. The number of fused-ring (bicyclic) bond motifs is 1. The van der Waals surface area contributed by atoms with E-state index >= 15 is 0 Å². The highest BCUT2D eigenvalue weighted by molar-refractivity contribution is 8.00. The van der Waals surface area contributed by atoms with Crippen LogP contribution in [-0.4, -0.2) is 31.6 Å². The van der Waals surface area contributed by atoms with Crippen molar-refractivity contribution in [3.63, 3.8) is 0 Å². The van der Waals surface area contributed by atoms with Gasteiger partial charge in [-0.3, -0.25) is 4.79 Å². The van der Waals surface area contributed by atoms with Crippen molar-refractivity contribution >= 4 is 35.0 Å². The third-order valence-electron chi connectivity index (χ3n) is 6.15. The van der Waals surface area contributed by atoms with E-state index < -0.39 is 0 Å². The second-order valence-electron chi connectivity index (χ2n) is 8.29. The number of hydrogen-bond donors (Lipinski definition) is 2. The van der Waals surface area contributed by atoms with Crippen LogP contribution in [0.3, 0.4) is 0 Å². The fraction of sp³-hybridized carbons (Fsp3) is 0.348. The van der Waals surface area contributed by atoms with Crippen molar-refractivity contribution in [3.05, 3.63) is 59.1 Å². The minimum atomic E-state index is -0.347. The van der Waals surface area contributed by atoms with Gasteiger partial charge in [0, 0.05) is 16.3 Å². The van der Waals surface area contributed by atoms with Gasteiger partial charge in [-0.05, 0) is 37.5 Å². The minimum Gasteiger partial charge on any atom is -0.325 e. The normalized spacial score (nSPS) is 19.5. The maximum atomic E-state index is 13.5. The SMILES string of the molecule is Cc1ccc(NC(=O)C2Sc3nnc(-c4ccccc4)n3NC23CCCCC3)cc1Cl. The molecule has 1 atom stereocenters. The molecule has 6 nitrogen and oxygen atoms in total. The van der Waals surface area contributed by atoms with Crippen LogP contribution in [0.4, 0.5) is 5.69 Å². The van der Waals surface area contributed by atoms with Crippen LogP contribution >= 0.6 is 23.4 Å². The molecule has 1 spiro atoms. The van der Waals surface area contributed by atoms with Crippen molar-refractivity contribution in [2.24, 2.45) is 0 Å². The first-order valence-corrected chi connectivity index (χ1v) is 11.8. The summed E-state index contributed by atoms with van der Waals surface area (Å²) in [5.41, 5.74) is 6.03. The number of aryl methyl sites for hydroxylation is 1. The smallest absolute Gasteiger partial charge is 0.240 e. The van der Waals surface area contributed by atoms with Gasteiger partial charge in [0.25, 0.3) is 0 Å². The number of carbonyl (C=O) groups excluding carboxylic acids is 1. The molecule has 1 amide bonds. The first-order chi connectivity index (χ1) is 15.1. The van der Waals surface area contributed by atoms with Gasteiger partial charge in [0.05, 0.1) is 5.54 Å². The Hall–Kier alpha value is -2.51. The van der Waals surface area contributed by atoms with E-state index in [9.17, 15) is 4.79 Å². The van der Waals surface area contributed by atoms with Crippen LogP contribution in [0.2, 0.25) is 5.02 Å². The monoisotopic (exact) mass is 453 g/mol. The van der Waals surface area contributed by atoms with E-state index in [2.05, 4.69) is 20.9 Å². The highest BCUT2D eigenvalue weighted by Crippen LogP contribution is 2.44. The van der Waals surface area contributed by atoms with Gasteiger partial charge in [-0.15, -0.1) is 10.2 Å². The largest absolute Gasteiger partial charge is 0.325 e. The lowest BCUT2D eigenvalue weighted by atomic mass is 9.79. The molecule has 1 aliphatic heterocycles. The fourth-order valence-corrected chi connectivity index (χ4v) is 5.86. The van der Waals surface area contributed by atoms with Crippen molar-refractivity contribution in [1.29, 1.82) is 0 Å². The number of amides is 1. The molecular weight excluding hydrogens is 430 g/mol. The Bertz CT molecular complexity index is 1110. The maximum absolute atomic E-state index is 13.5. The lowest BCUT2D eigenvalue weighted by Gasteiger charge is -2.46. The van der Waals surface area contributed by atoms with E-state index in [4.69, 9.17) is 11.6 Å². The zero-order valence-electron chi connectivity index (χ0n) is 17.3. The summed E-state index contributed by atoms with van der Waals surface area (Å²) in [6.45, 7) is 1.95. The van der Waals surface area contributed by atoms with Gasteiger partial charge in [-0.25, -0.2) is 4.68 Å². The molecule has 5 rings (SSSR count). The van der Waals surface area contributed by atoms with E-state index in [1.165, 1.54) is 18.2 Å². The van der Waals surface area contributed by atoms with Crippen LogP contribution in [0.5, 0.6) is 0 Å². The number of thioether (sulfide) groups is 1. The topological polar surface area (TPSA) is 71.8 Å².